The van der Waals surface area contributed by atoms with Gasteiger partial charge in [0.15, 0.2) is 0 Å². The predicted molar refractivity (Wildman–Crippen MR) is 124 cm³/mol. The molecule has 0 fully saturated rings. The van der Waals surface area contributed by atoms with E-state index in [0.717, 1.165) is 10.4 Å². The van der Waals surface area contributed by atoms with Gasteiger partial charge in [-0.15, -0.1) is 6.58 Å². The van der Waals surface area contributed by atoms with Crippen molar-refractivity contribution in [2.45, 2.75) is 11.5 Å². The highest BCUT2D eigenvalue weighted by molar-refractivity contribution is 7.93. The first kappa shape index (κ1) is 24.2. The van der Waals surface area contributed by atoms with Crippen LogP contribution in [0.5, 0.6) is 5.75 Å². The molecule has 0 aromatic heterocycles. The molecule has 3 aromatic rings. The van der Waals surface area contributed by atoms with Crippen LogP contribution in [0.1, 0.15) is 10.4 Å². The molecular formula is C23H19ClF2N2O4S. The van der Waals surface area contributed by atoms with Gasteiger partial charge in [0.1, 0.15) is 10.6 Å². The van der Waals surface area contributed by atoms with Crippen molar-refractivity contribution in [3.63, 3.8) is 0 Å². The van der Waals surface area contributed by atoms with Gasteiger partial charge in [-0.1, -0.05) is 48.0 Å². The van der Waals surface area contributed by atoms with E-state index in [2.05, 4.69) is 16.6 Å². The number of sulfonamides is 1. The lowest BCUT2D eigenvalue weighted by Gasteiger charge is -2.24. The van der Waals surface area contributed by atoms with Crippen LogP contribution < -0.4 is 14.4 Å². The second-order valence-electron chi connectivity index (χ2n) is 6.63. The number of halogens is 3. The normalized spacial score (nSPS) is 11.2. The Morgan fingerprint density at radius 2 is 1.76 bits per heavy atom. The highest BCUT2D eigenvalue weighted by atomic mass is 35.5. The summed E-state index contributed by atoms with van der Waals surface area (Å²) in [5.41, 5.74) is 0.345. The number of rotatable bonds is 9. The number of nitrogens with one attached hydrogen (secondary N) is 1. The van der Waals surface area contributed by atoms with E-state index < -0.39 is 22.5 Å². The third-order valence-electron chi connectivity index (χ3n) is 4.45. The number of nitrogens with zero attached hydrogens (tertiary/aromatic N) is 1. The molecule has 0 atom stereocenters. The summed E-state index contributed by atoms with van der Waals surface area (Å²) in [6.07, 6.45) is 1.43. The van der Waals surface area contributed by atoms with Gasteiger partial charge in [0.25, 0.3) is 15.9 Å². The van der Waals surface area contributed by atoms with Crippen LogP contribution >= 0.6 is 11.6 Å². The number of benzene rings is 3. The summed E-state index contributed by atoms with van der Waals surface area (Å²) in [7, 11) is -4.17. The molecule has 0 aliphatic heterocycles. The van der Waals surface area contributed by atoms with Crippen LogP contribution in [-0.2, 0) is 10.0 Å². The van der Waals surface area contributed by atoms with E-state index in [1.807, 2.05) is 0 Å². The van der Waals surface area contributed by atoms with Gasteiger partial charge in [-0.25, -0.2) is 8.42 Å². The van der Waals surface area contributed by atoms with Crippen LogP contribution in [-0.4, -0.2) is 27.5 Å². The van der Waals surface area contributed by atoms with E-state index in [9.17, 15) is 22.0 Å². The predicted octanol–water partition coefficient (Wildman–Crippen LogP) is 5.58. The van der Waals surface area contributed by atoms with Crippen molar-refractivity contribution < 1.29 is 26.7 Å². The van der Waals surface area contributed by atoms with E-state index >= 15 is 0 Å². The van der Waals surface area contributed by atoms with Crippen molar-refractivity contribution >= 4 is 38.9 Å². The first-order valence-corrected chi connectivity index (χ1v) is 11.4. The van der Waals surface area contributed by atoms with Gasteiger partial charge in [-0.05, 0) is 42.5 Å². The molecule has 10 heteroatoms. The van der Waals surface area contributed by atoms with Gasteiger partial charge < -0.3 is 10.1 Å². The third kappa shape index (κ3) is 5.68. The number of carbonyl (C=O) groups excluding carboxylic acids is 1. The third-order valence-corrected chi connectivity index (χ3v) is 6.73. The number of anilines is 2. The molecule has 0 saturated heterocycles. The molecule has 0 bridgehead atoms. The summed E-state index contributed by atoms with van der Waals surface area (Å²) < 4.78 is 57.6. The van der Waals surface area contributed by atoms with Gasteiger partial charge in [0, 0.05) is 5.56 Å². The Morgan fingerprint density at radius 1 is 1.09 bits per heavy atom. The maximum absolute atomic E-state index is 13.4. The van der Waals surface area contributed by atoms with Crippen molar-refractivity contribution in [3.8, 4) is 5.75 Å². The SMILES string of the molecule is C=CCN(c1ccccc1)S(=O)(=O)c1cc(C(=O)Nc2ccccc2OC(F)F)ccc1Cl. The summed E-state index contributed by atoms with van der Waals surface area (Å²) in [6, 6.07) is 17.7. The number of hydrogen-bond donors (Lipinski definition) is 1. The molecule has 1 amide bonds. The molecule has 0 aliphatic carbocycles. The van der Waals surface area contributed by atoms with Gasteiger partial charge in [-0.2, -0.15) is 8.78 Å². The molecule has 0 spiro atoms. The van der Waals surface area contributed by atoms with E-state index in [-0.39, 0.29) is 33.5 Å². The molecule has 0 radical (unpaired) electrons. The van der Waals surface area contributed by atoms with Gasteiger partial charge in [-0.3, -0.25) is 9.10 Å². The molecule has 3 rings (SSSR count). The maximum atomic E-state index is 13.4. The highest BCUT2D eigenvalue weighted by Crippen LogP contribution is 2.30. The lowest BCUT2D eigenvalue weighted by molar-refractivity contribution is -0.0493. The lowest BCUT2D eigenvalue weighted by atomic mass is 10.2. The Kier molecular flexibility index (Phi) is 7.67. The van der Waals surface area contributed by atoms with Crippen LogP contribution in [0.3, 0.4) is 0 Å². The topological polar surface area (TPSA) is 75.7 Å². The monoisotopic (exact) mass is 492 g/mol. The Balaban J connectivity index is 1.97. The molecule has 33 heavy (non-hydrogen) atoms. The first-order chi connectivity index (χ1) is 15.7. The minimum absolute atomic E-state index is 0.000253. The highest BCUT2D eigenvalue weighted by Gasteiger charge is 2.27. The Bertz CT molecular complexity index is 1250. The van der Waals surface area contributed by atoms with Crippen LogP contribution in [0.2, 0.25) is 5.02 Å². The summed E-state index contributed by atoms with van der Waals surface area (Å²) in [6.45, 7) is 0.499. The summed E-state index contributed by atoms with van der Waals surface area (Å²) in [5, 5.41) is 2.37. The molecule has 0 saturated carbocycles. The zero-order valence-corrected chi connectivity index (χ0v) is 18.7. The number of alkyl halides is 2. The van der Waals surface area contributed by atoms with Gasteiger partial charge in [0.05, 0.1) is 22.9 Å². The van der Waals surface area contributed by atoms with E-state index in [1.54, 1.807) is 30.3 Å². The van der Waals surface area contributed by atoms with Crippen LogP contribution in [0, 0.1) is 0 Å². The number of ether oxygens (including phenoxy) is 1. The molecule has 6 nitrogen and oxygen atoms in total. The number of carbonyl (C=O) groups is 1. The zero-order chi connectivity index (χ0) is 24.0. The smallest absolute Gasteiger partial charge is 0.387 e. The molecule has 0 heterocycles. The number of hydrogen-bond acceptors (Lipinski definition) is 4. The molecule has 3 aromatic carbocycles. The van der Waals surface area contributed by atoms with Crippen LogP contribution in [0.15, 0.2) is 90.3 Å². The average Bonchev–Trinajstić information content (AvgIpc) is 2.79. The van der Waals surface area contributed by atoms with Gasteiger partial charge >= 0.3 is 6.61 Å². The summed E-state index contributed by atoms with van der Waals surface area (Å²) in [5.74, 6) is -0.965. The van der Waals surface area contributed by atoms with Crippen molar-refractivity contribution in [1.29, 1.82) is 0 Å². The van der Waals surface area contributed by atoms with E-state index in [4.69, 9.17) is 11.6 Å². The molecule has 172 valence electrons. The van der Waals surface area contributed by atoms with E-state index in [1.165, 1.54) is 42.5 Å². The van der Waals surface area contributed by atoms with E-state index in [0.29, 0.717) is 5.69 Å². The zero-order valence-electron chi connectivity index (χ0n) is 17.1. The molecule has 0 aliphatic rings. The van der Waals surface area contributed by atoms with Crippen molar-refractivity contribution in [3.05, 3.63) is 96.0 Å². The minimum Gasteiger partial charge on any atom is -0.433 e. The fraction of sp³-hybridized carbons (Fsp3) is 0.0870. The number of amides is 1. The molecule has 1 N–H and O–H groups in total. The second-order valence-corrected chi connectivity index (χ2v) is 8.87. The molecular weight excluding hydrogens is 474 g/mol. The summed E-state index contributed by atoms with van der Waals surface area (Å²) in [4.78, 5) is 12.5. The Labute approximate surface area is 195 Å². The Morgan fingerprint density at radius 3 is 2.42 bits per heavy atom. The second kappa shape index (κ2) is 10.5. The van der Waals surface area contributed by atoms with Crippen molar-refractivity contribution in [2.75, 3.05) is 16.2 Å². The first-order valence-electron chi connectivity index (χ1n) is 9.57. The van der Waals surface area contributed by atoms with Gasteiger partial charge in [0.2, 0.25) is 0 Å². The average molecular weight is 493 g/mol. The fourth-order valence-corrected chi connectivity index (χ4v) is 4.92. The number of para-hydroxylation sites is 3. The Hall–Kier alpha value is -3.43. The van der Waals surface area contributed by atoms with Crippen molar-refractivity contribution in [2.24, 2.45) is 0 Å². The quantitative estimate of drug-likeness (QED) is 0.396. The standard InChI is InChI=1S/C23H19ClF2N2O4S/c1-2-14-28(17-8-4-3-5-9-17)33(30,31)21-15-16(12-13-18(21)24)22(29)27-19-10-6-7-11-20(19)32-23(25)26/h2-13,15,23H,1,14H2,(H,27,29). The van der Waals surface area contributed by atoms with Crippen LogP contribution in [0.4, 0.5) is 20.2 Å². The molecule has 0 unspecified atom stereocenters. The minimum atomic E-state index is -4.17. The largest absolute Gasteiger partial charge is 0.433 e. The fourth-order valence-electron chi connectivity index (χ4n) is 2.98. The lowest BCUT2D eigenvalue weighted by Crippen LogP contribution is -2.31. The van der Waals surface area contributed by atoms with Crippen LogP contribution in [0.25, 0.3) is 0 Å². The van der Waals surface area contributed by atoms with Crippen molar-refractivity contribution in [1.82, 2.24) is 0 Å². The maximum Gasteiger partial charge on any atom is 0.387 e. The summed E-state index contributed by atoms with van der Waals surface area (Å²) >= 11 is 6.19.